The first-order valence-corrected chi connectivity index (χ1v) is 10.4. The van der Waals surface area contributed by atoms with E-state index < -0.39 is 39.1 Å². The maximum absolute atomic E-state index is 12.8. The van der Waals surface area contributed by atoms with Crippen molar-refractivity contribution < 1.29 is 26.4 Å². The van der Waals surface area contributed by atoms with E-state index in [2.05, 4.69) is 9.62 Å². The van der Waals surface area contributed by atoms with Crippen LogP contribution in [0.3, 0.4) is 0 Å². The van der Waals surface area contributed by atoms with Gasteiger partial charge in [0, 0.05) is 31.9 Å². The first-order valence-electron chi connectivity index (χ1n) is 8.91. The molecule has 0 spiro atoms. The van der Waals surface area contributed by atoms with Crippen LogP contribution >= 0.6 is 0 Å². The molecule has 2 aromatic rings. The first-order chi connectivity index (χ1) is 13.7. The Morgan fingerprint density at radius 3 is 2.24 bits per heavy atom. The van der Waals surface area contributed by atoms with Gasteiger partial charge in [0.05, 0.1) is 17.0 Å². The Labute approximate surface area is 167 Å². The summed E-state index contributed by atoms with van der Waals surface area (Å²) in [6, 6.07) is 13.1. The number of sulfonamides is 1. The van der Waals surface area contributed by atoms with Crippen LogP contribution in [0, 0.1) is 0 Å². The molecule has 0 bridgehead atoms. The number of benzene rings is 2. The van der Waals surface area contributed by atoms with Crippen LogP contribution in [0.1, 0.15) is 5.56 Å². The molecule has 6 nitrogen and oxygen atoms in total. The molecule has 0 unspecified atom stereocenters. The summed E-state index contributed by atoms with van der Waals surface area (Å²) in [5.74, 6) is -0.423. The molecule has 0 saturated carbocycles. The lowest BCUT2D eigenvalue weighted by atomic mass is 10.2. The van der Waals surface area contributed by atoms with Crippen molar-refractivity contribution in [3.05, 3.63) is 60.2 Å². The van der Waals surface area contributed by atoms with E-state index in [1.165, 1.54) is 4.90 Å². The molecule has 1 N–H and O–H groups in total. The van der Waals surface area contributed by atoms with Gasteiger partial charge in [-0.15, -0.1) is 0 Å². The molecule has 29 heavy (non-hydrogen) atoms. The van der Waals surface area contributed by atoms with Gasteiger partial charge >= 0.3 is 6.18 Å². The predicted molar refractivity (Wildman–Crippen MR) is 102 cm³/mol. The van der Waals surface area contributed by atoms with E-state index in [0.717, 1.165) is 23.9 Å². The summed E-state index contributed by atoms with van der Waals surface area (Å²) in [5.41, 5.74) is -0.0198. The summed E-state index contributed by atoms with van der Waals surface area (Å²) in [5, 5.41) is 0. The van der Waals surface area contributed by atoms with Crippen LogP contribution in [0.15, 0.2) is 59.5 Å². The van der Waals surface area contributed by atoms with Crippen molar-refractivity contribution in [1.82, 2.24) is 9.62 Å². The van der Waals surface area contributed by atoms with Gasteiger partial charge in [0.1, 0.15) is 0 Å². The topological polar surface area (TPSA) is 69.7 Å². The minimum atomic E-state index is -4.65. The molecule has 1 fully saturated rings. The van der Waals surface area contributed by atoms with Crippen LogP contribution in [0.5, 0.6) is 0 Å². The largest absolute Gasteiger partial charge is 0.416 e. The highest BCUT2D eigenvalue weighted by molar-refractivity contribution is 7.89. The Balaban J connectivity index is 1.57. The SMILES string of the molecule is O=C(CNS(=O)(=O)c1cccc(C(F)(F)F)c1)N1CCN(c2ccccc2)CC1. The van der Waals surface area contributed by atoms with Gasteiger partial charge in [-0.2, -0.15) is 13.2 Å². The number of anilines is 1. The fraction of sp³-hybridized carbons (Fsp3) is 0.316. The highest BCUT2D eigenvalue weighted by Crippen LogP contribution is 2.30. The van der Waals surface area contributed by atoms with Crippen molar-refractivity contribution in [3.8, 4) is 0 Å². The summed E-state index contributed by atoms with van der Waals surface area (Å²) >= 11 is 0. The molecule has 156 valence electrons. The highest BCUT2D eigenvalue weighted by Gasteiger charge is 2.32. The zero-order valence-electron chi connectivity index (χ0n) is 15.4. The van der Waals surface area contributed by atoms with Gasteiger partial charge in [-0.25, -0.2) is 13.1 Å². The molecule has 1 saturated heterocycles. The van der Waals surface area contributed by atoms with E-state index in [1.807, 2.05) is 30.3 Å². The normalized spacial score (nSPS) is 15.4. The third-order valence-corrected chi connectivity index (χ3v) is 6.04. The fourth-order valence-electron chi connectivity index (χ4n) is 3.04. The predicted octanol–water partition coefficient (Wildman–Crippen LogP) is 2.33. The zero-order valence-corrected chi connectivity index (χ0v) is 16.2. The van der Waals surface area contributed by atoms with Gasteiger partial charge in [-0.3, -0.25) is 4.79 Å². The Bertz CT molecular complexity index is 957. The first kappa shape index (κ1) is 21.1. The van der Waals surface area contributed by atoms with E-state index in [0.29, 0.717) is 32.2 Å². The number of piperazine rings is 1. The van der Waals surface area contributed by atoms with E-state index in [-0.39, 0.29) is 0 Å². The number of hydrogen-bond donors (Lipinski definition) is 1. The third kappa shape index (κ3) is 5.27. The summed E-state index contributed by atoms with van der Waals surface area (Å²) in [6.07, 6.45) is -4.65. The van der Waals surface area contributed by atoms with Crippen LogP contribution in [0.2, 0.25) is 0 Å². The smallest absolute Gasteiger partial charge is 0.368 e. The average molecular weight is 427 g/mol. The third-order valence-electron chi connectivity index (χ3n) is 4.64. The number of rotatable bonds is 5. The number of carbonyl (C=O) groups excluding carboxylic acids is 1. The number of alkyl halides is 3. The number of nitrogens with zero attached hydrogens (tertiary/aromatic N) is 2. The minimum absolute atomic E-state index is 0.423. The molecule has 1 heterocycles. The molecule has 1 aliphatic rings. The number of amides is 1. The Morgan fingerprint density at radius 1 is 0.966 bits per heavy atom. The molecule has 3 rings (SSSR count). The minimum Gasteiger partial charge on any atom is -0.368 e. The van der Waals surface area contributed by atoms with Gasteiger partial charge in [0.25, 0.3) is 0 Å². The highest BCUT2D eigenvalue weighted by atomic mass is 32.2. The number of hydrogen-bond acceptors (Lipinski definition) is 4. The lowest BCUT2D eigenvalue weighted by Gasteiger charge is -2.36. The summed E-state index contributed by atoms with van der Waals surface area (Å²) in [4.78, 5) is 15.5. The maximum atomic E-state index is 12.8. The van der Waals surface area contributed by atoms with Crippen molar-refractivity contribution in [2.24, 2.45) is 0 Å². The van der Waals surface area contributed by atoms with Crippen molar-refractivity contribution in [1.29, 1.82) is 0 Å². The van der Waals surface area contributed by atoms with Crippen molar-refractivity contribution in [2.75, 3.05) is 37.6 Å². The van der Waals surface area contributed by atoms with E-state index in [9.17, 15) is 26.4 Å². The second kappa shape index (κ2) is 8.42. The molecule has 1 amide bonds. The van der Waals surface area contributed by atoms with Crippen LogP contribution in [0.25, 0.3) is 0 Å². The number of nitrogens with one attached hydrogen (secondary N) is 1. The molecule has 0 atom stereocenters. The second-order valence-electron chi connectivity index (χ2n) is 6.55. The molecular formula is C19H20F3N3O3S. The quantitative estimate of drug-likeness (QED) is 0.795. The van der Waals surface area contributed by atoms with Crippen LogP contribution in [0.4, 0.5) is 18.9 Å². The fourth-order valence-corrected chi connectivity index (χ4v) is 4.06. The van der Waals surface area contributed by atoms with Crippen molar-refractivity contribution in [3.63, 3.8) is 0 Å². The van der Waals surface area contributed by atoms with Gasteiger partial charge < -0.3 is 9.80 Å². The molecule has 0 radical (unpaired) electrons. The Hall–Kier alpha value is -2.59. The lowest BCUT2D eigenvalue weighted by Crippen LogP contribution is -2.51. The Morgan fingerprint density at radius 2 is 1.62 bits per heavy atom. The summed E-state index contributed by atoms with van der Waals surface area (Å²) < 4.78 is 65.0. The standard InChI is InChI=1S/C19H20F3N3O3S/c20-19(21,22)15-5-4-8-17(13-15)29(27,28)23-14-18(26)25-11-9-24(10-12-25)16-6-2-1-3-7-16/h1-8,13,23H,9-12,14H2. The van der Waals surface area contributed by atoms with E-state index in [4.69, 9.17) is 0 Å². The summed E-state index contributed by atoms with van der Waals surface area (Å²) in [6.45, 7) is 1.56. The monoisotopic (exact) mass is 427 g/mol. The molecule has 2 aromatic carbocycles. The van der Waals surface area contributed by atoms with Crippen LogP contribution in [-0.4, -0.2) is 51.9 Å². The number of para-hydroxylation sites is 1. The number of carbonyl (C=O) groups is 1. The van der Waals surface area contributed by atoms with E-state index in [1.54, 1.807) is 0 Å². The molecule has 10 heteroatoms. The number of halogens is 3. The average Bonchev–Trinajstić information content (AvgIpc) is 2.72. The lowest BCUT2D eigenvalue weighted by molar-refractivity contribution is -0.137. The van der Waals surface area contributed by atoms with Gasteiger partial charge in [-0.1, -0.05) is 24.3 Å². The molecule has 1 aliphatic heterocycles. The second-order valence-corrected chi connectivity index (χ2v) is 8.32. The van der Waals surface area contributed by atoms with Crippen LogP contribution < -0.4 is 9.62 Å². The molecule has 0 aromatic heterocycles. The van der Waals surface area contributed by atoms with Crippen molar-refractivity contribution in [2.45, 2.75) is 11.1 Å². The van der Waals surface area contributed by atoms with Gasteiger partial charge in [0.2, 0.25) is 15.9 Å². The maximum Gasteiger partial charge on any atom is 0.416 e. The zero-order chi connectivity index (χ0) is 21.1. The molecule has 0 aliphatic carbocycles. The van der Waals surface area contributed by atoms with Gasteiger partial charge in [0.15, 0.2) is 0 Å². The van der Waals surface area contributed by atoms with Gasteiger partial charge in [-0.05, 0) is 30.3 Å². The summed E-state index contributed by atoms with van der Waals surface area (Å²) in [7, 11) is -4.24. The van der Waals surface area contributed by atoms with E-state index >= 15 is 0 Å². The van der Waals surface area contributed by atoms with Crippen LogP contribution in [-0.2, 0) is 21.0 Å². The van der Waals surface area contributed by atoms with Crippen molar-refractivity contribution >= 4 is 21.6 Å². The Kier molecular flexibility index (Phi) is 6.13. The molecular weight excluding hydrogens is 407 g/mol.